The fourth-order valence-electron chi connectivity index (χ4n) is 2.53. The van der Waals surface area contributed by atoms with E-state index in [1.54, 1.807) is 21.1 Å². The third-order valence-electron chi connectivity index (χ3n) is 3.93. The van der Waals surface area contributed by atoms with Crippen molar-refractivity contribution in [2.75, 3.05) is 26.2 Å². The number of aromatic nitrogens is 1. The number of hydrogen-bond donors (Lipinski definition) is 1. The molecule has 2 N–H and O–H groups in total. The summed E-state index contributed by atoms with van der Waals surface area (Å²) in [6.07, 6.45) is 1.65. The molecule has 20 heavy (non-hydrogen) atoms. The van der Waals surface area contributed by atoms with Crippen molar-refractivity contribution in [3.63, 3.8) is 0 Å². The van der Waals surface area contributed by atoms with Gasteiger partial charge in [-0.2, -0.15) is 4.31 Å². The lowest BCUT2D eigenvalue weighted by atomic mass is 10.3. The highest BCUT2D eigenvalue weighted by Crippen LogP contribution is 2.20. The minimum atomic E-state index is -3.39. The number of hydrogen-bond acceptors (Lipinski definition) is 4. The van der Waals surface area contributed by atoms with Crippen LogP contribution in [0.25, 0.3) is 0 Å². The normalized spacial score (nSPS) is 18.9. The molecule has 1 aromatic heterocycles. The summed E-state index contributed by atoms with van der Waals surface area (Å²) >= 11 is 0. The van der Waals surface area contributed by atoms with Gasteiger partial charge in [0.05, 0.1) is 0 Å². The molecule has 0 saturated carbocycles. The van der Waals surface area contributed by atoms with E-state index in [2.05, 4.69) is 18.7 Å². The van der Waals surface area contributed by atoms with Gasteiger partial charge in [-0.3, -0.25) is 4.90 Å². The van der Waals surface area contributed by atoms with Crippen LogP contribution in [0.2, 0.25) is 0 Å². The summed E-state index contributed by atoms with van der Waals surface area (Å²) in [5.41, 5.74) is 6.42. The second kappa shape index (κ2) is 5.85. The van der Waals surface area contributed by atoms with E-state index in [0.717, 1.165) is 18.8 Å². The van der Waals surface area contributed by atoms with E-state index in [1.165, 1.54) is 0 Å². The van der Waals surface area contributed by atoms with Crippen LogP contribution in [0.3, 0.4) is 0 Å². The minimum Gasteiger partial charge on any atom is -0.352 e. The monoisotopic (exact) mass is 300 g/mol. The second-order valence-corrected chi connectivity index (χ2v) is 7.45. The van der Waals surface area contributed by atoms with E-state index < -0.39 is 10.0 Å². The molecule has 0 aromatic carbocycles. The summed E-state index contributed by atoms with van der Waals surface area (Å²) in [5.74, 6) is 0. The number of rotatable bonds is 4. The topological polar surface area (TPSA) is 71.6 Å². The molecule has 0 atom stereocenters. The van der Waals surface area contributed by atoms with E-state index in [4.69, 9.17) is 5.73 Å². The maximum Gasteiger partial charge on any atom is 0.244 e. The first-order chi connectivity index (χ1) is 9.36. The van der Waals surface area contributed by atoms with Gasteiger partial charge in [0, 0.05) is 57.7 Å². The van der Waals surface area contributed by atoms with Crippen molar-refractivity contribution in [1.29, 1.82) is 0 Å². The molecule has 0 aliphatic carbocycles. The van der Waals surface area contributed by atoms with Crippen molar-refractivity contribution in [2.24, 2.45) is 12.8 Å². The van der Waals surface area contributed by atoms with Gasteiger partial charge < -0.3 is 10.3 Å². The number of nitrogens with two attached hydrogens (primary N) is 1. The molecular formula is C13H24N4O2S. The molecule has 0 unspecified atom stereocenters. The third-order valence-corrected chi connectivity index (χ3v) is 5.80. The molecule has 114 valence electrons. The molecular weight excluding hydrogens is 276 g/mol. The van der Waals surface area contributed by atoms with Gasteiger partial charge >= 0.3 is 0 Å². The maximum absolute atomic E-state index is 12.6. The van der Waals surface area contributed by atoms with Crippen LogP contribution in [-0.4, -0.2) is 54.4 Å². The van der Waals surface area contributed by atoms with Crippen molar-refractivity contribution < 1.29 is 8.42 Å². The molecule has 1 aromatic rings. The van der Waals surface area contributed by atoms with E-state index in [0.29, 0.717) is 30.6 Å². The minimum absolute atomic E-state index is 0.340. The smallest absolute Gasteiger partial charge is 0.244 e. The van der Waals surface area contributed by atoms with Gasteiger partial charge in [-0.05, 0) is 19.9 Å². The maximum atomic E-state index is 12.6. The Bertz CT molecular complexity index is 557. The Morgan fingerprint density at radius 1 is 1.25 bits per heavy atom. The van der Waals surface area contributed by atoms with Crippen molar-refractivity contribution >= 4 is 10.0 Å². The van der Waals surface area contributed by atoms with Gasteiger partial charge in [0.1, 0.15) is 4.90 Å². The van der Waals surface area contributed by atoms with E-state index in [-0.39, 0.29) is 0 Å². The lowest BCUT2D eigenvalue weighted by Crippen LogP contribution is -2.50. The summed E-state index contributed by atoms with van der Waals surface area (Å²) in [5, 5.41) is 0. The van der Waals surface area contributed by atoms with Crippen LogP contribution < -0.4 is 5.73 Å². The van der Waals surface area contributed by atoms with E-state index in [9.17, 15) is 8.42 Å². The molecule has 1 fully saturated rings. The third kappa shape index (κ3) is 2.90. The van der Waals surface area contributed by atoms with Gasteiger partial charge in [0.2, 0.25) is 10.0 Å². The molecule has 0 spiro atoms. The predicted molar refractivity (Wildman–Crippen MR) is 78.8 cm³/mol. The fourth-order valence-corrected chi connectivity index (χ4v) is 4.05. The first-order valence-corrected chi connectivity index (χ1v) is 8.39. The predicted octanol–water partition coefficient (Wildman–Crippen LogP) is 0.199. The number of aryl methyl sites for hydroxylation is 1. The quantitative estimate of drug-likeness (QED) is 0.862. The Hall–Kier alpha value is -0.890. The second-order valence-electron chi connectivity index (χ2n) is 5.52. The number of piperazine rings is 1. The summed E-state index contributed by atoms with van der Waals surface area (Å²) < 4.78 is 28.5. The molecule has 2 heterocycles. The Morgan fingerprint density at radius 2 is 1.85 bits per heavy atom. The molecule has 0 bridgehead atoms. The van der Waals surface area contributed by atoms with Gasteiger partial charge in [0.25, 0.3) is 0 Å². The van der Waals surface area contributed by atoms with Gasteiger partial charge in [-0.1, -0.05) is 0 Å². The van der Waals surface area contributed by atoms with Crippen LogP contribution in [0.4, 0.5) is 0 Å². The molecule has 1 aliphatic rings. The van der Waals surface area contributed by atoms with Gasteiger partial charge in [-0.15, -0.1) is 0 Å². The highest BCUT2D eigenvalue weighted by Gasteiger charge is 2.30. The van der Waals surface area contributed by atoms with Crippen molar-refractivity contribution in [1.82, 2.24) is 13.8 Å². The first kappa shape index (κ1) is 15.5. The lowest BCUT2D eigenvalue weighted by Gasteiger charge is -2.36. The highest BCUT2D eigenvalue weighted by molar-refractivity contribution is 7.89. The van der Waals surface area contributed by atoms with Gasteiger partial charge in [-0.25, -0.2) is 8.42 Å². The SMILES string of the molecule is CC(C)N1CCN(S(=O)(=O)c2cc(CN)n(C)c2)CC1. The van der Waals surface area contributed by atoms with Crippen LogP contribution in [0.15, 0.2) is 17.2 Å². The van der Waals surface area contributed by atoms with Crippen LogP contribution in [0.1, 0.15) is 19.5 Å². The Balaban J connectivity index is 2.15. The zero-order valence-corrected chi connectivity index (χ0v) is 13.2. The summed E-state index contributed by atoms with van der Waals surface area (Å²) in [6.45, 7) is 7.28. The van der Waals surface area contributed by atoms with Crippen LogP contribution in [0, 0.1) is 0 Å². The Labute approximate surface area is 121 Å². The van der Waals surface area contributed by atoms with Crippen LogP contribution in [-0.2, 0) is 23.6 Å². The summed E-state index contributed by atoms with van der Waals surface area (Å²) in [4.78, 5) is 2.64. The average Bonchev–Trinajstić information content (AvgIpc) is 2.80. The van der Waals surface area contributed by atoms with Gasteiger partial charge in [0.15, 0.2) is 0 Å². The molecule has 0 radical (unpaired) electrons. The largest absolute Gasteiger partial charge is 0.352 e. The van der Waals surface area contributed by atoms with Crippen molar-refractivity contribution in [2.45, 2.75) is 31.3 Å². The van der Waals surface area contributed by atoms with E-state index >= 15 is 0 Å². The van der Waals surface area contributed by atoms with Crippen LogP contribution in [0.5, 0.6) is 0 Å². The van der Waals surface area contributed by atoms with Crippen molar-refractivity contribution in [3.05, 3.63) is 18.0 Å². The molecule has 1 aliphatic heterocycles. The summed E-state index contributed by atoms with van der Waals surface area (Å²) in [7, 11) is -1.58. The highest BCUT2D eigenvalue weighted by atomic mass is 32.2. The molecule has 0 amide bonds. The standard InChI is InChI=1S/C13H24N4O2S/c1-11(2)16-4-6-17(7-5-16)20(18,19)13-8-12(9-14)15(3)10-13/h8,10-11H,4-7,9,14H2,1-3H3. The molecule has 1 saturated heterocycles. The molecule has 7 heteroatoms. The average molecular weight is 300 g/mol. The molecule has 6 nitrogen and oxygen atoms in total. The van der Waals surface area contributed by atoms with E-state index in [1.807, 2.05) is 7.05 Å². The van der Waals surface area contributed by atoms with Crippen LogP contribution >= 0.6 is 0 Å². The van der Waals surface area contributed by atoms with Crippen molar-refractivity contribution in [3.8, 4) is 0 Å². The fraction of sp³-hybridized carbons (Fsp3) is 0.692. The Morgan fingerprint density at radius 3 is 2.30 bits per heavy atom. The Kier molecular flexibility index (Phi) is 4.53. The lowest BCUT2D eigenvalue weighted by molar-refractivity contribution is 0.154. The zero-order valence-electron chi connectivity index (χ0n) is 12.4. The summed E-state index contributed by atoms with van der Waals surface area (Å²) in [6, 6.07) is 2.13. The molecule has 2 rings (SSSR count). The number of nitrogens with zero attached hydrogens (tertiary/aromatic N) is 3. The number of sulfonamides is 1. The first-order valence-electron chi connectivity index (χ1n) is 6.95. The zero-order chi connectivity index (χ0) is 14.9.